The molecule has 98 valence electrons. The Bertz CT molecular complexity index is 416. The van der Waals surface area contributed by atoms with Gasteiger partial charge >= 0.3 is 0 Å². The van der Waals surface area contributed by atoms with Gasteiger partial charge < -0.3 is 5.73 Å². The predicted molar refractivity (Wildman–Crippen MR) is 79.6 cm³/mol. The summed E-state index contributed by atoms with van der Waals surface area (Å²) in [6.07, 6.45) is 9.45. The maximum Gasteiger partial charge on any atom is 0.0212 e. The van der Waals surface area contributed by atoms with Crippen LogP contribution in [0.2, 0.25) is 0 Å². The van der Waals surface area contributed by atoms with Gasteiger partial charge in [0.15, 0.2) is 0 Å². The molecule has 3 aliphatic carbocycles. The monoisotopic (exact) mass is 307 g/mol. The first kappa shape index (κ1) is 12.7. The van der Waals surface area contributed by atoms with Gasteiger partial charge in [0.2, 0.25) is 0 Å². The van der Waals surface area contributed by atoms with Crippen molar-refractivity contribution in [3.63, 3.8) is 0 Å². The highest BCUT2D eigenvalue weighted by Gasteiger charge is 2.49. The fraction of sp³-hybridized carbons (Fsp3) is 0.625. The molecular weight excluding hydrogens is 286 g/mol. The third-order valence-electron chi connectivity index (χ3n) is 5.52. The Morgan fingerprint density at radius 2 is 1.61 bits per heavy atom. The highest BCUT2D eigenvalue weighted by molar-refractivity contribution is 9.10. The van der Waals surface area contributed by atoms with E-state index >= 15 is 0 Å². The average Bonchev–Trinajstić information content (AvgIpc) is 2.41. The largest absolute Gasteiger partial charge is 0.330 e. The van der Waals surface area contributed by atoms with E-state index in [0.717, 1.165) is 6.54 Å². The van der Waals surface area contributed by atoms with Crippen molar-refractivity contribution in [2.75, 3.05) is 6.54 Å². The molecule has 1 nitrogen and oxygen atoms in total. The van der Waals surface area contributed by atoms with Crippen molar-refractivity contribution in [2.45, 2.75) is 50.4 Å². The Kier molecular flexibility index (Phi) is 3.27. The predicted octanol–water partition coefficient (Wildman–Crippen LogP) is 4.39. The fourth-order valence-electron chi connectivity index (χ4n) is 4.24. The van der Waals surface area contributed by atoms with Gasteiger partial charge in [0, 0.05) is 4.47 Å². The molecule has 0 radical (unpaired) electrons. The van der Waals surface area contributed by atoms with Crippen LogP contribution in [0.4, 0.5) is 0 Å². The summed E-state index contributed by atoms with van der Waals surface area (Å²) in [6, 6.07) is 8.82. The van der Waals surface area contributed by atoms with Crippen molar-refractivity contribution in [1.29, 1.82) is 0 Å². The molecule has 1 aromatic rings. The molecule has 1 aromatic carbocycles. The first-order valence-corrected chi connectivity index (χ1v) is 7.94. The summed E-state index contributed by atoms with van der Waals surface area (Å²) in [5.41, 5.74) is 8.40. The maximum absolute atomic E-state index is 5.80. The van der Waals surface area contributed by atoms with Gasteiger partial charge in [0.05, 0.1) is 0 Å². The number of hydrogen-bond acceptors (Lipinski definition) is 1. The number of benzene rings is 1. The van der Waals surface area contributed by atoms with E-state index in [1.165, 1.54) is 49.4 Å². The Labute approximate surface area is 118 Å². The Morgan fingerprint density at radius 3 is 2.17 bits per heavy atom. The van der Waals surface area contributed by atoms with E-state index in [2.05, 4.69) is 40.2 Å². The van der Waals surface area contributed by atoms with E-state index in [0.29, 0.717) is 10.8 Å². The second-order valence-electron chi connectivity index (χ2n) is 6.30. The summed E-state index contributed by atoms with van der Waals surface area (Å²) in [5.74, 6) is 0. The number of fused-ring (bicyclic) bond motifs is 3. The van der Waals surface area contributed by atoms with Crippen LogP contribution < -0.4 is 5.73 Å². The Hall–Kier alpha value is -0.340. The van der Waals surface area contributed by atoms with Gasteiger partial charge in [-0.1, -0.05) is 34.1 Å². The van der Waals surface area contributed by atoms with E-state index in [4.69, 9.17) is 5.73 Å². The number of hydrogen-bond donors (Lipinski definition) is 1. The van der Waals surface area contributed by atoms with Gasteiger partial charge in [-0.3, -0.25) is 0 Å². The normalized spacial score (nSPS) is 34.8. The molecule has 2 bridgehead atoms. The van der Waals surface area contributed by atoms with Crippen LogP contribution in [0.5, 0.6) is 0 Å². The van der Waals surface area contributed by atoms with E-state index < -0.39 is 0 Å². The number of nitrogens with two attached hydrogens (primary N) is 1. The molecule has 0 amide bonds. The van der Waals surface area contributed by atoms with Gasteiger partial charge in [-0.2, -0.15) is 0 Å². The first-order valence-electron chi connectivity index (χ1n) is 7.15. The van der Waals surface area contributed by atoms with Crippen LogP contribution in [-0.4, -0.2) is 6.54 Å². The molecule has 3 aliphatic rings. The fourth-order valence-corrected chi connectivity index (χ4v) is 4.95. The summed E-state index contributed by atoms with van der Waals surface area (Å²) in [6.45, 7) is 0.863. The van der Waals surface area contributed by atoms with Crippen molar-refractivity contribution in [1.82, 2.24) is 0 Å². The van der Waals surface area contributed by atoms with E-state index in [1.54, 1.807) is 5.56 Å². The third kappa shape index (κ3) is 1.94. The minimum absolute atomic E-state index is 0.455. The molecule has 0 heterocycles. The SMILES string of the molecule is NCCC12CCC(c3ccccc3Br)(CC1)CC2. The van der Waals surface area contributed by atoms with Crippen LogP contribution in [0.25, 0.3) is 0 Å². The molecule has 2 N–H and O–H groups in total. The average molecular weight is 308 g/mol. The number of halogens is 1. The summed E-state index contributed by atoms with van der Waals surface area (Å²) in [5, 5.41) is 0. The third-order valence-corrected chi connectivity index (χ3v) is 6.21. The topological polar surface area (TPSA) is 26.0 Å². The molecular formula is C16H22BrN. The lowest BCUT2D eigenvalue weighted by Gasteiger charge is -2.54. The molecule has 0 aliphatic heterocycles. The van der Waals surface area contributed by atoms with Crippen molar-refractivity contribution in [3.8, 4) is 0 Å². The summed E-state index contributed by atoms with van der Waals surface area (Å²) in [7, 11) is 0. The highest BCUT2D eigenvalue weighted by Crippen LogP contribution is 2.59. The van der Waals surface area contributed by atoms with Crippen LogP contribution in [0.3, 0.4) is 0 Å². The Balaban J connectivity index is 1.87. The lowest BCUT2D eigenvalue weighted by Crippen LogP contribution is -2.45. The quantitative estimate of drug-likeness (QED) is 0.880. The molecule has 3 fully saturated rings. The van der Waals surface area contributed by atoms with Crippen LogP contribution in [-0.2, 0) is 5.41 Å². The van der Waals surface area contributed by atoms with Crippen molar-refractivity contribution in [3.05, 3.63) is 34.3 Å². The zero-order valence-electron chi connectivity index (χ0n) is 10.9. The zero-order valence-corrected chi connectivity index (χ0v) is 12.5. The minimum atomic E-state index is 0.455. The molecule has 18 heavy (non-hydrogen) atoms. The number of rotatable bonds is 3. The van der Waals surface area contributed by atoms with Crippen molar-refractivity contribution >= 4 is 15.9 Å². The highest BCUT2D eigenvalue weighted by atomic mass is 79.9. The summed E-state index contributed by atoms with van der Waals surface area (Å²) < 4.78 is 1.30. The van der Waals surface area contributed by atoms with Crippen LogP contribution in [0, 0.1) is 5.41 Å². The van der Waals surface area contributed by atoms with Gasteiger partial charge in [-0.05, 0) is 74.0 Å². The van der Waals surface area contributed by atoms with Crippen molar-refractivity contribution in [2.24, 2.45) is 11.1 Å². The van der Waals surface area contributed by atoms with Gasteiger partial charge in [-0.25, -0.2) is 0 Å². The summed E-state index contributed by atoms with van der Waals surface area (Å²) >= 11 is 3.75. The van der Waals surface area contributed by atoms with E-state index in [-0.39, 0.29) is 0 Å². The molecule has 2 heteroatoms. The van der Waals surface area contributed by atoms with E-state index in [1.807, 2.05) is 0 Å². The second-order valence-corrected chi connectivity index (χ2v) is 7.15. The summed E-state index contributed by atoms with van der Waals surface area (Å²) in [4.78, 5) is 0. The van der Waals surface area contributed by atoms with Crippen molar-refractivity contribution < 1.29 is 0 Å². The molecule has 0 unspecified atom stereocenters. The van der Waals surface area contributed by atoms with Crippen LogP contribution in [0.15, 0.2) is 28.7 Å². The lowest BCUT2D eigenvalue weighted by molar-refractivity contribution is 0.0343. The van der Waals surface area contributed by atoms with Crippen LogP contribution >= 0.6 is 15.9 Å². The molecule has 0 atom stereocenters. The molecule has 0 spiro atoms. The van der Waals surface area contributed by atoms with Gasteiger partial charge in [0.25, 0.3) is 0 Å². The lowest BCUT2D eigenvalue weighted by atomic mass is 9.51. The molecule has 4 rings (SSSR count). The van der Waals surface area contributed by atoms with Crippen LogP contribution in [0.1, 0.15) is 50.5 Å². The molecule has 0 aromatic heterocycles. The standard InChI is InChI=1S/C16H22BrN/c17-14-4-2-1-3-13(14)16-8-5-15(6-9-16,7-10-16)11-12-18/h1-4H,5-12,18H2. The molecule has 0 saturated heterocycles. The van der Waals surface area contributed by atoms with Gasteiger partial charge in [0.1, 0.15) is 0 Å². The second kappa shape index (κ2) is 4.64. The first-order chi connectivity index (χ1) is 8.70. The minimum Gasteiger partial charge on any atom is -0.330 e. The van der Waals surface area contributed by atoms with Gasteiger partial charge in [-0.15, -0.1) is 0 Å². The Morgan fingerprint density at radius 1 is 1.00 bits per heavy atom. The smallest absolute Gasteiger partial charge is 0.0212 e. The molecule has 3 saturated carbocycles. The maximum atomic E-state index is 5.80. The zero-order chi connectivity index (χ0) is 12.6. The van der Waals surface area contributed by atoms with E-state index in [9.17, 15) is 0 Å².